The normalized spacial score (nSPS) is 10.5. The Morgan fingerprint density at radius 2 is 2.45 bits per heavy atom. The topological polar surface area (TPSA) is 83.3 Å². The molecule has 0 atom stereocenters. The Morgan fingerprint density at radius 3 is 2.91 bits per heavy atom. The van der Waals surface area contributed by atoms with Crippen LogP contribution in [-0.2, 0) is 4.79 Å². The van der Waals surface area contributed by atoms with Gasteiger partial charge in [0.05, 0.1) is 6.07 Å². The zero-order valence-corrected chi connectivity index (χ0v) is 5.40. The monoisotopic (exact) mass is 155 g/mol. The van der Waals surface area contributed by atoms with Gasteiger partial charge in [-0.2, -0.15) is 5.16 Å². The van der Waals surface area contributed by atoms with Crippen molar-refractivity contribution in [1.82, 2.24) is 5.16 Å². The van der Waals surface area contributed by atoms with Gasteiger partial charge < -0.3 is 9.63 Å². The fourth-order valence-corrected chi connectivity index (χ4v) is 0.533. The van der Waals surface area contributed by atoms with Gasteiger partial charge in [-0.15, -0.1) is 0 Å². The SMILES string of the molecule is O=C(O)/C=C/c1cc(=O)[nH]o1. The third kappa shape index (κ3) is 2.13. The number of carboxylic acids is 1. The first kappa shape index (κ1) is 7.33. The van der Waals surface area contributed by atoms with E-state index in [2.05, 4.69) is 4.52 Å². The molecule has 2 N–H and O–H groups in total. The molecule has 0 saturated heterocycles. The van der Waals surface area contributed by atoms with Crippen molar-refractivity contribution in [3.63, 3.8) is 0 Å². The maximum Gasteiger partial charge on any atom is 0.328 e. The van der Waals surface area contributed by atoms with Gasteiger partial charge in [-0.05, 0) is 6.08 Å². The molecule has 0 unspecified atom stereocenters. The number of aromatic amines is 1. The van der Waals surface area contributed by atoms with Crippen LogP contribution >= 0.6 is 0 Å². The minimum absolute atomic E-state index is 0.192. The molecule has 0 bridgehead atoms. The highest BCUT2D eigenvalue weighted by molar-refractivity contribution is 5.84. The second kappa shape index (κ2) is 2.87. The zero-order valence-electron chi connectivity index (χ0n) is 5.40. The van der Waals surface area contributed by atoms with Gasteiger partial charge in [0.15, 0.2) is 5.76 Å². The van der Waals surface area contributed by atoms with Crippen LogP contribution in [0.1, 0.15) is 5.76 Å². The van der Waals surface area contributed by atoms with E-state index < -0.39 is 11.5 Å². The molecule has 0 aliphatic rings. The molecule has 1 rings (SSSR count). The number of aromatic nitrogens is 1. The summed E-state index contributed by atoms with van der Waals surface area (Å²) in [6.45, 7) is 0. The van der Waals surface area contributed by atoms with Crippen molar-refractivity contribution in [2.75, 3.05) is 0 Å². The van der Waals surface area contributed by atoms with E-state index in [9.17, 15) is 9.59 Å². The van der Waals surface area contributed by atoms with Crippen molar-refractivity contribution in [2.45, 2.75) is 0 Å². The summed E-state index contributed by atoms with van der Waals surface area (Å²) in [7, 11) is 0. The lowest BCUT2D eigenvalue weighted by Crippen LogP contribution is -1.92. The molecule has 1 aromatic heterocycles. The van der Waals surface area contributed by atoms with Crippen LogP contribution in [0.5, 0.6) is 0 Å². The molecule has 58 valence electrons. The van der Waals surface area contributed by atoms with Crippen LogP contribution in [0.15, 0.2) is 21.5 Å². The first-order valence-electron chi connectivity index (χ1n) is 2.78. The highest BCUT2D eigenvalue weighted by atomic mass is 16.5. The van der Waals surface area contributed by atoms with Crippen molar-refractivity contribution < 1.29 is 14.4 Å². The number of nitrogens with one attached hydrogen (secondary N) is 1. The molecule has 1 aromatic rings. The summed E-state index contributed by atoms with van der Waals surface area (Å²) < 4.78 is 4.53. The van der Waals surface area contributed by atoms with Crippen molar-refractivity contribution in [1.29, 1.82) is 0 Å². The highest BCUT2D eigenvalue weighted by Crippen LogP contribution is 1.94. The second-order valence-electron chi connectivity index (χ2n) is 1.79. The predicted octanol–water partition coefficient (Wildman–Crippen LogP) is 0.0657. The van der Waals surface area contributed by atoms with Gasteiger partial charge in [-0.1, -0.05) is 0 Å². The molecule has 5 heteroatoms. The van der Waals surface area contributed by atoms with E-state index in [0.29, 0.717) is 0 Å². The maximum atomic E-state index is 10.4. The number of carbonyl (C=O) groups is 1. The van der Waals surface area contributed by atoms with E-state index in [1.807, 2.05) is 5.16 Å². The van der Waals surface area contributed by atoms with Crippen LogP contribution in [-0.4, -0.2) is 16.2 Å². The number of hydrogen-bond acceptors (Lipinski definition) is 3. The van der Waals surface area contributed by atoms with Gasteiger partial charge in [0.25, 0.3) is 5.56 Å². The largest absolute Gasteiger partial charge is 0.478 e. The van der Waals surface area contributed by atoms with Crippen LogP contribution in [0, 0.1) is 0 Å². The minimum Gasteiger partial charge on any atom is -0.478 e. The fourth-order valence-electron chi connectivity index (χ4n) is 0.533. The summed E-state index contributed by atoms with van der Waals surface area (Å²) in [5.74, 6) is -0.897. The second-order valence-corrected chi connectivity index (χ2v) is 1.79. The molecule has 0 aromatic carbocycles. The molecule has 0 spiro atoms. The standard InChI is InChI=1S/C6H5NO4/c8-5-3-4(11-7-5)1-2-6(9)10/h1-3H,(H,7,8)(H,9,10)/b2-1+. The summed E-state index contributed by atoms with van der Waals surface area (Å²) in [4.78, 5) is 20.4. The van der Waals surface area contributed by atoms with Gasteiger partial charge in [0, 0.05) is 6.08 Å². The Morgan fingerprint density at radius 1 is 1.73 bits per heavy atom. The van der Waals surface area contributed by atoms with E-state index in [-0.39, 0.29) is 5.76 Å². The van der Waals surface area contributed by atoms with Gasteiger partial charge in [-0.25, -0.2) is 4.79 Å². The van der Waals surface area contributed by atoms with Gasteiger partial charge in [-0.3, -0.25) is 4.79 Å². The Hall–Kier alpha value is -1.78. The maximum absolute atomic E-state index is 10.4. The van der Waals surface area contributed by atoms with Gasteiger partial charge in [0.1, 0.15) is 0 Å². The van der Waals surface area contributed by atoms with Crippen molar-refractivity contribution >= 4 is 12.0 Å². The average molecular weight is 155 g/mol. The Bertz CT molecular complexity index is 332. The molecule has 0 aliphatic carbocycles. The molecule has 5 nitrogen and oxygen atoms in total. The van der Waals surface area contributed by atoms with Crippen LogP contribution in [0.4, 0.5) is 0 Å². The molecule has 1 heterocycles. The molecule has 0 fully saturated rings. The average Bonchev–Trinajstić information content (AvgIpc) is 2.31. The lowest BCUT2D eigenvalue weighted by atomic mass is 10.4. The number of hydrogen-bond donors (Lipinski definition) is 2. The van der Waals surface area contributed by atoms with E-state index in [4.69, 9.17) is 5.11 Å². The first-order valence-corrected chi connectivity index (χ1v) is 2.78. The van der Waals surface area contributed by atoms with E-state index >= 15 is 0 Å². The minimum atomic E-state index is -1.09. The summed E-state index contributed by atoms with van der Waals surface area (Å²) >= 11 is 0. The Balaban J connectivity index is 2.79. The summed E-state index contributed by atoms with van der Waals surface area (Å²) in [5.41, 5.74) is -0.393. The van der Waals surface area contributed by atoms with Gasteiger partial charge >= 0.3 is 5.97 Å². The first-order chi connectivity index (χ1) is 5.18. The number of carboxylic acid groups (broad SMARTS) is 1. The van der Waals surface area contributed by atoms with E-state index in [0.717, 1.165) is 12.1 Å². The highest BCUT2D eigenvalue weighted by Gasteiger charge is 1.93. The summed E-state index contributed by atoms with van der Waals surface area (Å²) in [6.07, 6.45) is 2.06. The molecule has 11 heavy (non-hydrogen) atoms. The van der Waals surface area contributed by atoms with Crippen molar-refractivity contribution in [3.8, 4) is 0 Å². The molecule has 0 aliphatic heterocycles. The number of rotatable bonds is 2. The van der Waals surface area contributed by atoms with E-state index in [1.165, 1.54) is 6.08 Å². The lowest BCUT2D eigenvalue weighted by molar-refractivity contribution is -0.131. The summed E-state index contributed by atoms with van der Waals surface area (Å²) in [6, 6.07) is 1.15. The van der Waals surface area contributed by atoms with E-state index in [1.54, 1.807) is 0 Å². The van der Waals surface area contributed by atoms with Crippen molar-refractivity contribution in [2.24, 2.45) is 0 Å². The summed E-state index contributed by atoms with van der Waals surface area (Å²) in [5, 5.41) is 10.2. The molecular weight excluding hydrogens is 150 g/mol. The van der Waals surface area contributed by atoms with Crippen molar-refractivity contribution in [3.05, 3.63) is 28.3 Å². The van der Waals surface area contributed by atoms with Crippen LogP contribution < -0.4 is 5.56 Å². The van der Waals surface area contributed by atoms with Gasteiger partial charge in [0.2, 0.25) is 0 Å². The fraction of sp³-hybridized carbons (Fsp3) is 0. The molecule has 0 radical (unpaired) electrons. The number of H-pyrrole nitrogens is 1. The lowest BCUT2D eigenvalue weighted by Gasteiger charge is -1.77. The number of aliphatic carboxylic acids is 1. The zero-order chi connectivity index (χ0) is 8.27. The quantitative estimate of drug-likeness (QED) is 0.592. The molecule has 0 amide bonds. The van der Waals surface area contributed by atoms with Crippen LogP contribution in [0.2, 0.25) is 0 Å². The molecule has 0 saturated carbocycles. The van der Waals surface area contributed by atoms with Crippen LogP contribution in [0.3, 0.4) is 0 Å². The smallest absolute Gasteiger partial charge is 0.328 e. The Kier molecular flexibility index (Phi) is 1.91. The third-order valence-corrected chi connectivity index (χ3v) is 0.933. The predicted molar refractivity (Wildman–Crippen MR) is 36.0 cm³/mol. The Labute approximate surface area is 60.9 Å². The molecular formula is C6H5NO4. The third-order valence-electron chi connectivity index (χ3n) is 0.933. The van der Waals surface area contributed by atoms with Crippen LogP contribution in [0.25, 0.3) is 6.08 Å².